The molecule has 1 aliphatic heterocycles. The molecule has 0 bridgehead atoms. The molecule has 1 fully saturated rings. The van der Waals surface area contributed by atoms with Crippen LogP contribution in [-0.4, -0.2) is 46.9 Å². The topological polar surface area (TPSA) is 49.6 Å². The van der Waals surface area contributed by atoms with Gasteiger partial charge >= 0.3 is 0 Å². The number of benzene rings is 2. The number of carbonyl (C=O) groups is 1. The molecule has 2 aromatic carbocycles. The minimum Gasteiger partial charge on any atom is -0.441 e. The van der Waals surface area contributed by atoms with Crippen molar-refractivity contribution in [1.29, 1.82) is 0 Å². The van der Waals surface area contributed by atoms with Crippen molar-refractivity contribution < 1.29 is 9.21 Å². The highest BCUT2D eigenvalue weighted by molar-refractivity contribution is 5.86. The second-order valence-electron chi connectivity index (χ2n) is 8.17. The molecule has 2 heterocycles. The van der Waals surface area contributed by atoms with E-state index in [2.05, 4.69) is 49.1 Å². The number of aromatic nitrogens is 1. The first-order valence-electron chi connectivity index (χ1n) is 11.1. The first-order chi connectivity index (χ1) is 14.6. The molecule has 1 amide bonds. The fourth-order valence-electron chi connectivity index (χ4n) is 4.43. The molecule has 0 aliphatic carbocycles. The zero-order valence-electron chi connectivity index (χ0n) is 18.2. The standard InChI is InChI=1S/C25H31N3O2/c1-4-28(5-2)25(29)22-11-8-14-27(16-22)17-23-18(3)30-24(26-23)21-13-12-19-9-6-7-10-20(19)15-21/h6-7,9-10,12-13,15,22H,4-5,8,11,14,16-17H2,1-3H3/t22-/m1/s1. The highest BCUT2D eigenvalue weighted by Crippen LogP contribution is 2.27. The Kier molecular flexibility index (Phi) is 6.18. The molecule has 1 saturated heterocycles. The normalized spacial score (nSPS) is 17.4. The van der Waals surface area contributed by atoms with Crippen LogP contribution in [0.5, 0.6) is 0 Å². The second-order valence-corrected chi connectivity index (χ2v) is 8.17. The van der Waals surface area contributed by atoms with E-state index in [1.165, 1.54) is 10.8 Å². The molecule has 0 spiro atoms. The summed E-state index contributed by atoms with van der Waals surface area (Å²) in [4.78, 5) is 21.9. The van der Waals surface area contributed by atoms with E-state index in [4.69, 9.17) is 9.40 Å². The molecular weight excluding hydrogens is 374 g/mol. The Morgan fingerprint density at radius 1 is 1.17 bits per heavy atom. The fraction of sp³-hybridized carbons (Fsp3) is 0.440. The van der Waals surface area contributed by atoms with Crippen molar-refractivity contribution in [2.24, 2.45) is 5.92 Å². The molecule has 30 heavy (non-hydrogen) atoms. The third-order valence-electron chi connectivity index (χ3n) is 6.19. The van der Waals surface area contributed by atoms with Gasteiger partial charge in [-0.3, -0.25) is 9.69 Å². The van der Waals surface area contributed by atoms with Crippen LogP contribution in [-0.2, 0) is 11.3 Å². The van der Waals surface area contributed by atoms with Gasteiger partial charge in [0.2, 0.25) is 11.8 Å². The molecular formula is C25H31N3O2. The Balaban J connectivity index is 1.48. The summed E-state index contributed by atoms with van der Waals surface area (Å²) in [5, 5.41) is 2.39. The number of likely N-dealkylation sites (tertiary alicyclic amines) is 1. The first kappa shape index (κ1) is 20.6. The summed E-state index contributed by atoms with van der Waals surface area (Å²) in [5.41, 5.74) is 1.96. The Hall–Kier alpha value is -2.66. The van der Waals surface area contributed by atoms with E-state index in [1.807, 2.05) is 24.0 Å². The Morgan fingerprint density at radius 2 is 1.93 bits per heavy atom. The van der Waals surface area contributed by atoms with Crippen LogP contribution in [0.1, 0.15) is 38.1 Å². The average molecular weight is 406 g/mol. The average Bonchev–Trinajstić information content (AvgIpc) is 3.14. The lowest BCUT2D eigenvalue weighted by Crippen LogP contribution is -2.44. The SMILES string of the molecule is CCN(CC)C(=O)[C@@H]1CCCN(Cc2nc(-c3ccc4ccccc4c3)oc2C)C1. The van der Waals surface area contributed by atoms with Crippen LogP contribution < -0.4 is 0 Å². The second kappa shape index (κ2) is 9.00. The van der Waals surface area contributed by atoms with Crippen LogP contribution in [0.3, 0.4) is 0 Å². The number of hydrogen-bond donors (Lipinski definition) is 0. The number of fused-ring (bicyclic) bond motifs is 1. The molecule has 3 aromatic rings. The Morgan fingerprint density at radius 3 is 2.70 bits per heavy atom. The first-order valence-corrected chi connectivity index (χ1v) is 11.1. The monoisotopic (exact) mass is 405 g/mol. The Labute approximate surface area is 178 Å². The van der Waals surface area contributed by atoms with E-state index in [-0.39, 0.29) is 5.92 Å². The van der Waals surface area contributed by atoms with Gasteiger partial charge in [0, 0.05) is 31.7 Å². The van der Waals surface area contributed by atoms with E-state index >= 15 is 0 Å². The number of oxazole rings is 1. The molecule has 5 heteroatoms. The summed E-state index contributed by atoms with van der Waals surface area (Å²) in [7, 11) is 0. The van der Waals surface area contributed by atoms with Gasteiger partial charge < -0.3 is 9.32 Å². The van der Waals surface area contributed by atoms with Crippen molar-refractivity contribution in [3.63, 3.8) is 0 Å². The van der Waals surface area contributed by atoms with Crippen molar-refractivity contribution in [1.82, 2.24) is 14.8 Å². The van der Waals surface area contributed by atoms with Gasteiger partial charge in [-0.15, -0.1) is 0 Å². The zero-order valence-corrected chi connectivity index (χ0v) is 18.2. The lowest BCUT2D eigenvalue weighted by Gasteiger charge is -2.34. The maximum absolute atomic E-state index is 12.8. The van der Waals surface area contributed by atoms with Gasteiger partial charge in [0.1, 0.15) is 5.76 Å². The van der Waals surface area contributed by atoms with Gasteiger partial charge in [0.05, 0.1) is 11.6 Å². The van der Waals surface area contributed by atoms with Crippen molar-refractivity contribution in [2.45, 2.75) is 40.2 Å². The van der Waals surface area contributed by atoms with Crippen molar-refractivity contribution in [3.05, 3.63) is 53.9 Å². The lowest BCUT2D eigenvalue weighted by molar-refractivity contribution is -0.137. The summed E-state index contributed by atoms with van der Waals surface area (Å²) in [6.07, 6.45) is 2.03. The minimum atomic E-state index is 0.0887. The lowest BCUT2D eigenvalue weighted by atomic mass is 9.96. The number of rotatable bonds is 6. The van der Waals surface area contributed by atoms with Gasteiger partial charge in [-0.2, -0.15) is 0 Å². The van der Waals surface area contributed by atoms with E-state index in [1.54, 1.807) is 0 Å². The van der Waals surface area contributed by atoms with Gasteiger partial charge in [-0.05, 0) is 63.1 Å². The third kappa shape index (κ3) is 4.26. The predicted octanol–water partition coefficient (Wildman–Crippen LogP) is 4.88. The van der Waals surface area contributed by atoms with Crippen LogP contribution in [0, 0.1) is 12.8 Å². The fourth-order valence-corrected chi connectivity index (χ4v) is 4.43. The van der Waals surface area contributed by atoms with E-state index in [0.717, 1.165) is 62.6 Å². The van der Waals surface area contributed by atoms with Gasteiger partial charge in [0.15, 0.2) is 0 Å². The smallest absolute Gasteiger partial charge is 0.226 e. The van der Waals surface area contributed by atoms with Crippen LogP contribution in [0.4, 0.5) is 0 Å². The quantitative estimate of drug-likeness (QED) is 0.586. The molecule has 0 N–H and O–H groups in total. The number of piperidine rings is 1. The number of hydrogen-bond acceptors (Lipinski definition) is 4. The minimum absolute atomic E-state index is 0.0887. The van der Waals surface area contributed by atoms with Crippen LogP contribution in [0.15, 0.2) is 46.9 Å². The summed E-state index contributed by atoms with van der Waals surface area (Å²) in [5.74, 6) is 1.90. The number of amides is 1. The summed E-state index contributed by atoms with van der Waals surface area (Å²) >= 11 is 0. The van der Waals surface area contributed by atoms with Crippen molar-refractivity contribution in [3.8, 4) is 11.5 Å². The van der Waals surface area contributed by atoms with E-state index < -0.39 is 0 Å². The molecule has 4 rings (SSSR count). The van der Waals surface area contributed by atoms with Crippen molar-refractivity contribution >= 4 is 16.7 Å². The molecule has 0 unspecified atom stereocenters. The molecule has 0 radical (unpaired) electrons. The van der Waals surface area contributed by atoms with Crippen LogP contribution >= 0.6 is 0 Å². The van der Waals surface area contributed by atoms with Gasteiger partial charge in [-0.25, -0.2) is 4.98 Å². The number of carbonyl (C=O) groups excluding carboxylic acids is 1. The third-order valence-corrected chi connectivity index (χ3v) is 6.19. The maximum atomic E-state index is 12.8. The molecule has 1 aliphatic rings. The van der Waals surface area contributed by atoms with Crippen LogP contribution in [0.2, 0.25) is 0 Å². The zero-order chi connectivity index (χ0) is 21.1. The molecule has 158 valence electrons. The summed E-state index contributed by atoms with van der Waals surface area (Å²) in [6, 6.07) is 14.6. The van der Waals surface area contributed by atoms with E-state index in [0.29, 0.717) is 11.8 Å². The summed E-state index contributed by atoms with van der Waals surface area (Å²) < 4.78 is 6.03. The Bertz CT molecular complexity index is 1020. The van der Waals surface area contributed by atoms with Crippen molar-refractivity contribution in [2.75, 3.05) is 26.2 Å². The van der Waals surface area contributed by atoms with Gasteiger partial charge in [-0.1, -0.05) is 30.3 Å². The van der Waals surface area contributed by atoms with Gasteiger partial charge in [0.25, 0.3) is 0 Å². The van der Waals surface area contributed by atoms with E-state index in [9.17, 15) is 4.79 Å². The molecule has 1 atom stereocenters. The molecule has 1 aromatic heterocycles. The number of nitrogens with zero attached hydrogens (tertiary/aromatic N) is 3. The number of aryl methyl sites for hydroxylation is 1. The maximum Gasteiger partial charge on any atom is 0.226 e. The highest BCUT2D eigenvalue weighted by atomic mass is 16.4. The molecule has 0 saturated carbocycles. The predicted molar refractivity (Wildman–Crippen MR) is 120 cm³/mol. The summed E-state index contributed by atoms with van der Waals surface area (Å²) in [6.45, 7) is 10.2. The highest BCUT2D eigenvalue weighted by Gasteiger charge is 2.29. The largest absolute Gasteiger partial charge is 0.441 e. The molecule has 5 nitrogen and oxygen atoms in total. The van der Waals surface area contributed by atoms with Crippen LogP contribution in [0.25, 0.3) is 22.2 Å².